The zero-order valence-corrected chi connectivity index (χ0v) is 13.3. The second kappa shape index (κ2) is 7.26. The number of likely N-dealkylation sites (N-methyl/N-ethyl adjacent to an activating group) is 1. The lowest BCUT2D eigenvalue weighted by Gasteiger charge is -2.22. The molecule has 2 amide bonds. The molecule has 0 aliphatic carbocycles. The van der Waals surface area contributed by atoms with Gasteiger partial charge in [0.1, 0.15) is 5.75 Å². The number of rotatable bonds is 5. The number of nitrogens with zero attached hydrogens (tertiary/aromatic N) is 1. The highest BCUT2D eigenvalue weighted by atomic mass is 16.5. The first-order valence-electron chi connectivity index (χ1n) is 7.45. The van der Waals surface area contributed by atoms with Crippen molar-refractivity contribution in [2.45, 2.75) is 25.8 Å². The highest BCUT2D eigenvalue weighted by Crippen LogP contribution is 2.25. The molecule has 1 aliphatic rings. The number of carbonyl (C=O) groups excluding carboxylic acids is 2. The van der Waals surface area contributed by atoms with Gasteiger partial charge in [0.2, 0.25) is 11.8 Å². The molecule has 0 spiro atoms. The van der Waals surface area contributed by atoms with Gasteiger partial charge in [-0.05, 0) is 44.0 Å². The average molecular weight is 305 g/mol. The number of benzene rings is 1. The number of hydrogen-bond donors (Lipinski definition) is 2. The Morgan fingerprint density at radius 2 is 2.18 bits per heavy atom. The van der Waals surface area contributed by atoms with Crippen molar-refractivity contribution in [3.63, 3.8) is 0 Å². The van der Waals surface area contributed by atoms with E-state index in [2.05, 4.69) is 10.6 Å². The molecular weight excluding hydrogens is 282 g/mol. The smallest absolute Gasteiger partial charge is 0.238 e. The zero-order valence-electron chi connectivity index (χ0n) is 13.3. The zero-order chi connectivity index (χ0) is 16.1. The summed E-state index contributed by atoms with van der Waals surface area (Å²) in [5.41, 5.74) is 1.70. The first-order valence-corrected chi connectivity index (χ1v) is 7.45. The number of anilines is 1. The molecule has 2 rings (SSSR count). The maximum Gasteiger partial charge on any atom is 0.238 e. The van der Waals surface area contributed by atoms with E-state index in [-0.39, 0.29) is 24.4 Å². The van der Waals surface area contributed by atoms with E-state index in [4.69, 9.17) is 4.74 Å². The second-order valence-electron chi connectivity index (χ2n) is 5.49. The minimum Gasteiger partial charge on any atom is -0.495 e. The van der Waals surface area contributed by atoms with E-state index in [0.29, 0.717) is 11.4 Å². The molecule has 1 saturated heterocycles. The van der Waals surface area contributed by atoms with E-state index in [1.54, 1.807) is 14.2 Å². The van der Waals surface area contributed by atoms with Crippen molar-refractivity contribution in [2.24, 2.45) is 0 Å². The number of hydrogen-bond acceptors (Lipinski definition) is 4. The van der Waals surface area contributed by atoms with E-state index in [9.17, 15) is 9.59 Å². The first-order chi connectivity index (χ1) is 10.5. The van der Waals surface area contributed by atoms with Crippen molar-refractivity contribution in [3.8, 4) is 5.75 Å². The molecule has 0 bridgehead atoms. The summed E-state index contributed by atoms with van der Waals surface area (Å²) in [4.78, 5) is 26.0. The Balaban J connectivity index is 2.01. The van der Waals surface area contributed by atoms with Gasteiger partial charge in [0.15, 0.2) is 0 Å². The number of amides is 2. The summed E-state index contributed by atoms with van der Waals surface area (Å²) in [6.07, 6.45) is 1.72. The van der Waals surface area contributed by atoms with Gasteiger partial charge < -0.3 is 15.4 Å². The van der Waals surface area contributed by atoms with E-state index in [1.165, 1.54) is 0 Å². The summed E-state index contributed by atoms with van der Waals surface area (Å²) < 4.78 is 5.26. The fourth-order valence-electron chi connectivity index (χ4n) is 2.77. The number of carbonyl (C=O) groups is 2. The minimum atomic E-state index is -0.213. The quantitative estimate of drug-likeness (QED) is 0.856. The summed E-state index contributed by atoms with van der Waals surface area (Å²) in [6, 6.07) is 5.41. The fraction of sp³-hybridized carbons (Fsp3) is 0.500. The Bertz CT molecular complexity index is 560. The molecule has 6 heteroatoms. The van der Waals surface area contributed by atoms with Crippen molar-refractivity contribution >= 4 is 17.5 Å². The summed E-state index contributed by atoms with van der Waals surface area (Å²) in [6.45, 7) is 2.92. The van der Waals surface area contributed by atoms with Crippen molar-refractivity contribution in [3.05, 3.63) is 23.8 Å². The van der Waals surface area contributed by atoms with E-state index in [0.717, 1.165) is 24.9 Å². The van der Waals surface area contributed by atoms with Gasteiger partial charge in [-0.3, -0.25) is 14.5 Å². The Hall–Kier alpha value is -2.08. The molecule has 1 fully saturated rings. The molecule has 1 heterocycles. The Kier molecular flexibility index (Phi) is 5.38. The van der Waals surface area contributed by atoms with Gasteiger partial charge >= 0.3 is 0 Å². The lowest BCUT2D eigenvalue weighted by atomic mass is 10.2. The lowest BCUT2D eigenvalue weighted by Crippen LogP contribution is -2.45. The van der Waals surface area contributed by atoms with Crippen LogP contribution < -0.4 is 15.4 Å². The molecule has 1 atom stereocenters. The van der Waals surface area contributed by atoms with Crippen LogP contribution in [0.25, 0.3) is 0 Å². The summed E-state index contributed by atoms with van der Waals surface area (Å²) in [5, 5.41) is 5.52. The van der Waals surface area contributed by atoms with Crippen molar-refractivity contribution in [1.29, 1.82) is 0 Å². The van der Waals surface area contributed by atoms with Gasteiger partial charge in [0.25, 0.3) is 0 Å². The third kappa shape index (κ3) is 3.76. The Morgan fingerprint density at radius 1 is 1.41 bits per heavy atom. The van der Waals surface area contributed by atoms with E-state index >= 15 is 0 Å². The Morgan fingerprint density at radius 3 is 2.86 bits per heavy atom. The summed E-state index contributed by atoms with van der Waals surface area (Å²) in [5.74, 6) is 0.460. The molecule has 22 heavy (non-hydrogen) atoms. The molecule has 6 nitrogen and oxygen atoms in total. The molecule has 0 aromatic heterocycles. The van der Waals surface area contributed by atoms with Gasteiger partial charge in [-0.1, -0.05) is 6.07 Å². The molecule has 0 saturated carbocycles. The van der Waals surface area contributed by atoms with Crippen LogP contribution in [0.15, 0.2) is 18.2 Å². The molecular formula is C16H23N3O3. The number of aryl methyl sites for hydroxylation is 1. The predicted octanol–water partition coefficient (Wildman–Crippen LogP) is 1.15. The van der Waals surface area contributed by atoms with Crippen LogP contribution in [0.2, 0.25) is 0 Å². The SMILES string of the molecule is CNC(=O)C1CCCN1CC(=O)Nc1cc(C)ccc1OC. The van der Waals surface area contributed by atoms with Crippen LogP contribution in [0.1, 0.15) is 18.4 Å². The summed E-state index contributed by atoms with van der Waals surface area (Å²) >= 11 is 0. The van der Waals surface area contributed by atoms with Crippen LogP contribution >= 0.6 is 0 Å². The molecule has 1 unspecified atom stereocenters. The van der Waals surface area contributed by atoms with Gasteiger partial charge in [0, 0.05) is 7.05 Å². The predicted molar refractivity (Wildman–Crippen MR) is 85.0 cm³/mol. The topological polar surface area (TPSA) is 70.7 Å². The van der Waals surface area contributed by atoms with Crippen molar-refractivity contribution in [2.75, 3.05) is 32.6 Å². The molecule has 1 aliphatic heterocycles. The van der Waals surface area contributed by atoms with Crippen LogP contribution in [0.3, 0.4) is 0 Å². The molecule has 120 valence electrons. The average Bonchev–Trinajstić information content (AvgIpc) is 2.94. The van der Waals surface area contributed by atoms with Crippen LogP contribution in [0.4, 0.5) is 5.69 Å². The van der Waals surface area contributed by atoms with Crippen molar-refractivity contribution < 1.29 is 14.3 Å². The maximum atomic E-state index is 12.3. The van der Waals surface area contributed by atoms with Crippen LogP contribution in [-0.2, 0) is 9.59 Å². The van der Waals surface area contributed by atoms with E-state index in [1.807, 2.05) is 30.0 Å². The van der Waals surface area contributed by atoms with Crippen molar-refractivity contribution in [1.82, 2.24) is 10.2 Å². The largest absolute Gasteiger partial charge is 0.495 e. The third-order valence-corrected chi connectivity index (χ3v) is 3.89. The highest BCUT2D eigenvalue weighted by Gasteiger charge is 2.31. The van der Waals surface area contributed by atoms with Crippen LogP contribution in [0.5, 0.6) is 5.75 Å². The maximum absolute atomic E-state index is 12.3. The van der Waals surface area contributed by atoms with Gasteiger partial charge in [-0.25, -0.2) is 0 Å². The normalized spacial score (nSPS) is 18.0. The monoisotopic (exact) mass is 305 g/mol. The van der Waals surface area contributed by atoms with Gasteiger partial charge in [-0.2, -0.15) is 0 Å². The first kappa shape index (κ1) is 16.3. The minimum absolute atomic E-state index is 0.0292. The lowest BCUT2D eigenvalue weighted by molar-refractivity contribution is -0.126. The number of likely N-dealkylation sites (tertiary alicyclic amines) is 1. The molecule has 1 aromatic rings. The summed E-state index contributed by atoms with van der Waals surface area (Å²) in [7, 11) is 3.19. The van der Waals surface area contributed by atoms with Gasteiger partial charge in [-0.15, -0.1) is 0 Å². The molecule has 2 N–H and O–H groups in total. The van der Waals surface area contributed by atoms with Crippen LogP contribution in [-0.4, -0.2) is 50.0 Å². The Labute approximate surface area is 130 Å². The number of ether oxygens (including phenoxy) is 1. The number of methoxy groups -OCH3 is 1. The standard InChI is InChI=1S/C16H23N3O3/c1-11-6-7-14(22-3)12(9-11)18-15(20)10-19-8-4-5-13(19)16(21)17-2/h6-7,9,13H,4-5,8,10H2,1-3H3,(H,17,21)(H,18,20). The molecule has 0 radical (unpaired) electrons. The number of nitrogens with one attached hydrogen (secondary N) is 2. The van der Waals surface area contributed by atoms with Crippen LogP contribution in [0, 0.1) is 6.92 Å². The second-order valence-corrected chi connectivity index (χ2v) is 5.49. The third-order valence-electron chi connectivity index (χ3n) is 3.89. The highest BCUT2D eigenvalue weighted by molar-refractivity contribution is 5.94. The fourth-order valence-corrected chi connectivity index (χ4v) is 2.77. The van der Waals surface area contributed by atoms with Gasteiger partial charge in [0.05, 0.1) is 25.4 Å². The molecule has 1 aromatic carbocycles. The van der Waals surface area contributed by atoms with E-state index < -0.39 is 0 Å².